The first-order valence-corrected chi connectivity index (χ1v) is 6.66. The van der Waals surface area contributed by atoms with Crippen molar-refractivity contribution < 1.29 is 4.74 Å². The molecular formula is C14H12ClN5O. The highest BCUT2D eigenvalue weighted by molar-refractivity contribution is 6.28. The minimum Gasteiger partial charge on any atom is -0.424 e. The molecule has 3 rings (SSSR count). The van der Waals surface area contributed by atoms with Crippen LogP contribution < -0.4 is 4.74 Å². The number of benzene rings is 1. The van der Waals surface area contributed by atoms with Crippen LogP contribution in [0.15, 0.2) is 36.7 Å². The molecule has 0 radical (unpaired) electrons. The summed E-state index contributed by atoms with van der Waals surface area (Å²) in [6, 6.07) is 7.75. The second-order valence-corrected chi connectivity index (χ2v) is 4.85. The van der Waals surface area contributed by atoms with Crippen molar-refractivity contribution in [3.05, 3.63) is 53.1 Å². The van der Waals surface area contributed by atoms with Crippen LogP contribution in [-0.4, -0.2) is 24.7 Å². The van der Waals surface area contributed by atoms with Crippen molar-refractivity contribution in [2.75, 3.05) is 0 Å². The SMILES string of the molecule is Cc1ccc(Oc2nc(Cl)nc(-n3cccn3)n2)c(C)c1. The standard InChI is InChI=1S/C14H12ClN5O/c1-9-4-5-11(10(2)8-9)21-14-18-12(15)17-13(19-14)20-7-3-6-16-20/h3-8H,1-2H3. The van der Waals surface area contributed by atoms with Crippen LogP contribution in [0.5, 0.6) is 11.8 Å². The normalized spacial score (nSPS) is 10.6. The lowest BCUT2D eigenvalue weighted by Crippen LogP contribution is -2.05. The van der Waals surface area contributed by atoms with Gasteiger partial charge in [0.1, 0.15) is 5.75 Å². The number of hydrogen-bond donors (Lipinski definition) is 0. The average molecular weight is 302 g/mol. The van der Waals surface area contributed by atoms with Gasteiger partial charge in [-0.15, -0.1) is 0 Å². The fourth-order valence-electron chi connectivity index (χ4n) is 1.87. The van der Waals surface area contributed by atoms with Gasteiger partial charge in [0.2, 0.25) is 5.28 Å². The second-order valence-electron chi connectivity index (χ2n) is 4.51. The first-order valence-electron chi connectivity index (χ1n) is 6.28. The summed E-state index contributed by atoms with van der Waals surface area (Å²) in [6.45, 7) is 3.98. The third kappa shape index (κ3) is 3.00. The quantitative estimate of drug-likeness (QED) is 0.743. The van der Waals surface area contributed by atoms with Gasteiger partial charge >= 0.3 is 6.01 Å². The number of aryl methyl sites for hydroxylation is 2. The molecule has 6 nitrogen and oxygen atoms in total. The number of aromatic nitrogens is 5. The van der Waals surface area contributed by atoms with Crippen molar-refractivity contribution in [1.82, 2.24) is 24.7 Å². The molecule has 0 amide bonds. The van der Waals surface area contributed by atoms with E-state index in [1.54, 1.807) is 18.5 Å². The minimum atomic E-state index is 0.0512. The Kier molecular flexibility index (Phi) is 3.53. The van der Waals surface area contributed by atoms with Crippen LogP contribution in [0.3, 0.4) is 0 Å². The predicted molar refractivity (Wildman–Crippen MR) is 77.9 cm³/mol. The summed E-state index contributed by atoms with van der Waals surface area (Å²) in [5.74, 6) is 0.981. The summed E-state index contributed by atoms with van der Waals surface area (Å²) in [4.78, 5) is 12.2. The van der Waals surface area contributed by atoms with E-state index in [0.29, 0.717) is 11.7 Å². The maximum Gasteiger partial charge on any atom is 0.328 e. The van der Waals surface area contributed by atoms with E-state index in [2.05, 4.69) is 20.1 Å². The summed E-state index contributed by atoms with van der Waals surface area (Å²) >= 11 is 5.91. The second kappa shape index (κ2) is 5.49. The Morgan fingerprint density at radius 2 is 2.00 bits per heavy atom. The van der Waals surface area contributed by atoms with Gasteiger partial charge in [-0.3, -0.25) is 0 Å². The van der Waals surface area contributed by atoms with Gasteiger partial charge in [0.05, 0.1) is 0 Å². The molecule has 106 valence electrons. The highest BCUT2D eigenvalue weighted by atomic mass is 35.5. The van der Waals surface area contributed by atoms with Crippen LogP contribution in [0.4, 0.5) is 0 Å². The van der Waals surface area contributed by atoms with E-state index in [4.69, 9.17) is 16.3 Å². The molecule has 0 unspecified atom stereocenters. The first kappa shape index (κ1) is 13.5. The fraction of sp³-hybridized carbons (Fsp3) is 0.143. The number of ether oxygens (including phenoxy) is 1. The molecule has 0 saturated heterocycles. The van der Waals surface area contributed by atoms with Gasteiger partial charge in [0.25, 0.3) is 5.95 Å². The third-order valence-electron chi connectivity index (χ3n) is 2.82. The van der Waals surface area contributed by atoms with E-state index >= 15 is 0 Å². The van der Waals surface area contributed by atoms with Gasteiger partial charge in [0, 0.05) is 12.4 Å². The zero-order valence-electron chi connectivity index (χ0n) is 11.5. The Morgan fingerprint density at radius 1 is 1.14 bits per heavy atom. The molecule has 3 aromatic rings. The Morgan fingerprint density at radius 3 is 2.71 bits per heavy atom. The molecular weight excluding hydrogens is 290 g/mol. The molecule has 0 saturated carbocycles. The number of halogens is 1. The molecule has 0 aliphatic heterocycles. The molecule has 2 aromatic heterocycles. The van der Waals surface area contributed by atoms with Crippen LogP contribution in [0, 0.1) is 13.8 Å². The lowest BCUT2D eigenvalue weighted by atomic mass is 10.1. The zero-order valence-corrected chi connectivity index (χ0v) is 12.2. The highest BCUT2D eigenvalue weighted by Crippen LogP contribution is 2.24. The largest absolute Gasteiger partial charge is 0.424 e. The molecule has 21 heavy (non-hydrogen) atoms. The lowest BCUT2D eigenvalue weighted by molar-refractivity contribution is 0.434. The summed E-state index contributed by atoms with van der Waals surface area (Å²) in [5, 5.41) is 4.11. The van der Waals surface area contributed by atoms with Gasteiger partial charge in [0.15, 0.2) is 0 Å². The Labute approximate surface area is 126 Å². The Bertz CT molecular complexity index is 773. The van der Waals surface area contributed by atoms with E-state index < -0.39 is 0 Å². The lowest BCUT2D eigenvalue weighted by Gasteiger charge is -2.08. The molecule has 0 aliphatic carbocycles. The van der Waals surface area contributed by atoms with Crippen LogP contribution in [0.1, 0.15) is 11.1 Å². The van der Waals surface area contributed by atoms with Crippen LogP contribution in [0.2, 0.25) is 5.28 Å². The van der Waals surface area contributed by atoms with Gasteiger partial charge in [-0.2, -0.15) is 20.1 Å². The van der Waals surface area contributed by atoms with E-state index in [0.717, 1.165) is 11.1 Å². The molecule has 7 heteroatoms. The van der Waals surface area contributed by atoms with E-state index in [1.165, 1.54) is 4.68 Å². The topological polar surface area (TPSA) is 65.7 Å². The molecule has 1 aromatic carbocycles. The summed E-state index contributed by atoms with van der Waals surface area (Å²) < 4.78 is 7.18. The van der Waals surface area contributed by atoms with Crippen molar-refractivity contribution in [3.8, 4) is 17.7 Å². The summed E-state index contributed by atoms with van der Waals surface area (Å²) in [7, 11) is 0. The van der Waals surface area contributed by atoms with E-state index in [-0.39, 0.29) is 11.3 Å². The van der Waals surface area contributed by atoms with E-state index in [9.17, 15) is 0 Å². The van der Waals surface area contributed by atoms with Crippen LogP contribution in [-0.2, 0) is 0 Å². The van der Waals surface area contributed by atoms with E-state index in [1.807, 2.05) is 32.0 Å². The van der Waals surface area contributed by atoms with Gasteiger partial charge in [-0.1, -0.05) is 17.7 Å². The molecule has 0 aliphatic rings. The number of nitrogens with zero attached hydrogens (tertiary/aromatic N) is 5. The average Bonchev–Trinajstić information content (AvgIpc) is 2.95. The van der Waals surface area contributed by atoms with Crippen molar-refractivity contribution in [1.29, 1.82) is 0 Å². The molecule has 2 heterocycles. The Balaban J connectivity index is 1.95. The van der Waals surface area contributed by atoms with Crippen molar-refractivity contribution in [3.63, 3.8) is 0 Å². The predicted octanol–water partition coefficient (Wildman–Crippen LogP) is 3.12. The zero-order chi connectivity index (χ0) is 14.8. The van der Waals surface area contributed by atoms with Crippen molar-refractivity contribution in [2.45, 2.75) is 13.8 Å². The summed E-state index contributed by atoms with van der Waals surface area (Å²) in [6.07, 6.45) is 3.34. The summed E-state index contributed by atoms with van der Waals surface area (Å²) in [5.41, 5.74) is 2.15. The molecule has 0 spiro atoms. The number of hydrogen-bond acceptors (Lipinski definition) is 5. The fourth-order valence-corrected chi connectivity index (χ4v) is 2.02. The molecule has 0 atom stereocenters. The van der Waals surface area contributed by atoms with Gasteiger partial charge < -0.3 is 4.74 Å². The highest BCUT2D eigenvalue weighted by Gasteiger charge is 2.10. The van der Waals surface area contributed by atoms with Crippen molar-refractivity contribution >= 4 is 11.6 Å². The van der Waals surface area contributed by atoms with Gasteiger partial charge in [-0.05, 0) is 43.1 Å². The maximum absolute atomic E-state index is 5.91. The first-order chi connectivity index (χ1) is 10.1. The smallest absolute Gasteiger partial charge is 0.328 e. The van der Waals surface area contributed by atoms with Crippen LogP contribution >= 0.6 is 11.6 Å². The van der Waals surface area contributed by atoms with Crippen LogP contribution in [0.25, 0.3) is 5.95 Å². The Hall–Kier alpha value is -2.47. The third-order valence-corrected chi connectivity index (χ3v) is 2.99. The maximum atomic E-state index is 5.91. The minimum absolute atomic E-state index is 0.0512. The molecule has 0 N–H and O–H groups in total. The van der Waals surface area contributed by atoms with Gasteiger partial charge in [-0.25, -0.2) is 4.68 Å². The molecule has 0 fully saturated rings. The van der Waals surface area contributed by atoms with Crippen molar-refractivity contribution in [2.24, 2.45) is 0 Å². The molecule has 0 bridgehead atoms. The number of rotatable bonds is 3. The monoisotopic (exact) mass is 301 g/mol.